The number of carbonyl (C=O) groups excluding carboxylic acids is 5. The summed E-state index contributed by atoms with van der Waals surface area (Å²) in [5.41, 5.74) is 0.803. The van der Waals surface area contributed by atoms with E-state index in [0.717, 1.165) is 38.2 Å². The molecule has 3 rings (SSSR count). The Hall–Kier alpha value is -3.89. The van der Waals surface area contributed by atoms with Crippen LogP contribution in [0.2, 0.25) is 0 Å². The molecule has 1 saturated carbocycles. The quantitative estimate of drug-likeness (QED) is 0.230. The lowest BCUT2D eigenvalue weighted by molar-refractivity contribution is -0.156. The summed E-state index contributed by atoms with van der Waals surface area (Å²) in [6, 6.07) is -0.840. The molecule has 0 aromatic heterocycles. The zero-order valence-electron chi connectivity index (χ0n) is 27.3. The van der Waals surface area contributed by atoms with Crippen LogP contribution in [0.4, 0.5) is 0 Å². The molecule has 1 fully saturated rings. The average Bonchev–Trinajstić information content (AvgIpc) is 3.04. The van der Waals surface area contributed by atoms with E-state index in [0.29, 0.717) is 18.4 Å². The van der Waals surface area contributed by atoms with Crippen LogP contribution in [0.1, 0.15) is 78.6 Å². The molecule has 46 heavy (non-hydrogen) atoms. The molecule has 10 heteroatoms. The highest BCUT2D eigenvalue weighted by molar-refractivity contribution is 6.21. The molecule has 250 valence electrons. The lowest BCUT2D eigenvalue weighted by Gasteiger charge is -2.29. The number of hydrogen-bond acceptors (Lipinski definition) is 8. The van der Waals surface area contributed by atoms with Gasteiger partial charge in [-0.1, -0.05) is 68.7 Å². The molecule has 4 unspecified atom stereocenters. The summed E-state index contributed by atoms with van der Waals surface area (Å²) >= 11 is 0. The van der Waals surface area contributed by atoms with Crippen molar-refractivity contribution in [2.24, 2.45) is 11.8 Å². The Morgan fingerprint density at radius 2 is 1.76 bits per heavy atom. The zero-order valence-corrected chi connectivity index (χ0v) is 27.3. The van der Waals surface area contributed by atoms with Crippen molar-refractivity contribution in [1.29, 1.82) is 0 Å². The number of amides is 2. The van der Waals surface area contributed by atoms with Crippen LogP contribution in [-0.2, 0) is 33.4 Å². The Morgan fingerprint density at radius 1 is 1.04 bits per heavy atom. The van der Waals surface area contributed by atoms with Crippen molar-refractivity contribution in [2.45, 2.75) is 103 Å². The molecule has 2 bridgehead atoms. The molecule has 5 atom stereocenters. The maximum atomic E-state index is 13.1. The van der Waals surface area contributed by atoms with E-state index in [9.17, 15) is 29.1 Å². The predicted octanol–water partition coefficient (Wildman–Crippen LogP) is 4.26. The molecule has 10 nitrogen and oxygen atoms in total. The number of nitrogens with one attached hydrogen (secondary N) is 2. The van der Waals surface area contributed by atoms with Gasteiger partial charge in [0, 0.05) is 37.0 Å². The fourth-order valence-electron chi connectivity index (χ4n) is 5.73. The number of ether oxygens (including phenoxy) is 2. The molecule has 3 aliphatic rings. The van der Waals surface area contributed by atoms with E-state index in [1.165, 1.54) is 13.2 Å². The number of hydrogen-bond donors (Lipinski definition) is 3. The van der Waals surface area contributed by atoms with Gasteiger partial charge < -0.3 is 25.2 Å². The number of aliphatic hydroxyl groups excluding tert-OH is 1. The van der Waals surface area contributed by atoms with E-state index in [1.807, 2.05) is 6.08 Å². The molecule has 2 aliphatic carbocycles. The van der Waals surface area contributed by atoms with Crippen molar-refractivity contribution in [2.75, 3.05) is 7.11 Å². The van der Waals surface area contributed by atoms with Gasteiger partial charge in [-0.15, -0.1) is 0 Å². The van der Waals surface area contributed by atoms with E-state index in [4.69, 9.17) is 9.47 Å². The van der Waals surface area contributed by atoms with Crippen molar-refractivity contribution in [1.82, 2.24) is 10.6 Å². The van der Waals surface area contributed by atoms with Crippen molar-refractivity contribution in [3.63, 3.8) is 0 Å². The van der Waals surface area contributed by atoms with Crippen LogP contribution in [0.5, 0.6) is 0 Å². The van der Waals surface area contributed by atoms with Gasteiger partial charge in [0.1, 0.15) is 12.1 Å². The number of aliphatic hydroxyl groups is 1. The Kier molecular flexibility index (Phi) is 14.6. The van der Waals surface area contributed by atoms with Crippen LogP contribution in [0.3, 0.4) is 0 Å². The summed E-state index contributed by atoms with van der Waals surface area (Å²) in [7, 11) is 1.47. The number of ketones is 2. The van der Waals surface area contributed by atoms with Crippen LogP contribution in [-0.4, -0.2) is 65.9 Å². The van der Waals surface area contributed by atoms with Gasteiger partial charge >= 0.3 is 5.97 Å². The SMILES string of the molecule is COC1\C=C/C=C/C=C/CC(OC(=O)[C@H](C)NC(=O)C2CCCCC2)C(C)C(O)/C(C)=C/CCC2=CC(=O)C=C(NC(=O)C1)C2=O. The smallest absolute Gasteiger partial charge is 0.328 e. The van der Waals surface area contributed by atoms with Gasteiger partial charge in [0.2, 0.25) is 17.6 Å². The summed E-state index contributed by atoms with van der Waals surface area (Å²) in [6.45, 7) is 5.16. The Bertz CT molecular complexity index is 1310. The summed E-state index contributed by atoms with van der Waals surface area (Å²) in [5.74, 6) is -2.59. The molecular weight excluding hydrogens is 588 g/mol. The highest BCUT2D eigenvalue weighted by Gasteiger charge is 2.31. The van der Waals surface area contributed by atoms with Gasteiger partial charge in [-0.3, -0.25) is 19.2 Å². The largest absolute Gasteiger partial charge is 0.460 e. The van der Waals surface area contributed by atoms with Gasteiger partial charge in [0.15, 0.2) is 5.78 Å². The number of fused-ring (bicyclic) bond motifs is 2. The summed E-state index contributed by atoms with van der Waals surface area (Å²) < 4.78 is 11.3. The van der Waals surface area contributed by atoms with Crippen molar-refractivity contribution < 1.29 is 38.6 Å². The minimum Gasteiger partial charge on any atom is -0.460 e. The third kappa shape index (κ3) is 11.2. The molecule has 0 aromatic rings. The van der Waals surface area contributed by atoms with Gasteiger partial charge in [0.25, 0.3) is 0 Å². The van der Waals surface area contributed by atoms with E-state index in [2.05, 4.69) is 10.6 Å². The average molecular weight is 637 g/mol. The van der Waals surface area contributed by atoms with E-state index >= 15 is 0 Å². The fourth-order valence-corrected chi connectivity index (χ4v) is 5.73. The molecule has 0 spiro atoms. The van der Waals surface area contributed by atoms with E-state index in [1.54, 1.807) is 57.2 Å². The second kappa shape index (κ2) is 18.3. The van der Waals surface area contributed by atoms with Crippen molar-refractivity contribution in [3.8, 4) is 0 Å². The molecule has 1 aliphatic heterocycles. The summed E-state index contributed by atoms with van der Waals surface area (Å²) in [6.07, 6.45) is 18.1. The van der Waals surface area contributed by atoms with Crippen LogP contribution >= 0.6 is 0 Å². The Balaban J connectivity index is 1.79. The number of esters is 1. The van der Waals surface area contributed by atoms with Gasteiger partial charge in [-0.05, 0) is 51.2 Å². The standard InChI is InChI=1S/C36H48N2O8/c1-23-14-13-17-27-20-28(39)21-30(34(27)42)38-32(40)22-29(45-4)18-11-6-5-7-12-19-31(24(2)33(23)41)46-36(44)25(3)37-35(43)26-15-9-8-10-16-26/h5-7,11-12,14,18,20-21,24-26,29,31,33,41H,8-10,13,15-17,19,22H2,1-4H3,(H,37,43)(H,38,40)/b6-5+,12-7+,18-11-,23-14+/t24?,25-,29?,31?,33?/m0/s1. The molecule has 3 N–H and O–H groups in total. The highest BCUT2D eigenvalue weighted by Crippen LogP contribution is 2.25. The first-order valence-electron chi connectivity index (χ1n) is 16.2. The second-order valence-electron chi connectivity index (χ2n) is 12.3. The first kappa shape index (κ1) is 36.6. The van der Waals surface area contributed by atoms with Gasteiger partial charge in [0.05, 0.1) is 24.3 Å². The van der Waals surface area contributed by atoms with Crippen molar-refractivity contribution in [3.05, 3.63) is 71.5 Å². The van der Waals surface area contributed by atoms with Gasteiger partial charge in [-0.2, -0.15) is 0 Å². The van der Waals surface area contributed by atoms with Crippen LogP contribution < -0.4 is 10.6 Å². The molecule has 0 aromatic carbocycles. The van der Waals surface area contributed by atoms with Crippen LogP contribution in [0, 0.1) is 11.8 Å². The summed E-state index contributed by atoms with van der Waals surface area (Å²) in [5, 5.41) is 16.6. The molecule has 0 radical (unpaired) electrons. The normalized spacial score (nSPS) is 29.8. The zero-order chi connectivity index (χ0) is 33.6. The lowest BCUT2D eigenvalue weighted by Crippen LogP contribution is -2.45. The van der Waals surface area contributed by atoms with E-state index < -0.39 is 53.7 Å². The Morgan fingerprint density at radius 3 is 2.48 bits per heavy atom. The molecular formula is C36H48N2O8. The number of Topliss-reactive ketones (excluding diaryl/α,β-unsaturated/α-hetero) is 1. The summed E-state index contributed by atoms with van der Waals surface area (Å²) in [4.78, 5) is 63.8. The number of methoxy groups -OCH3 is 1. The minimum absolute atomic E-state index is 0.0567. The topological polar surface area (TPSA) is 148 Å². The first-order chi connectivity index (χ1) is 22.0. The maximum absolute atomic E-state index is 13.1. The third-order valence-electron chi connectivity index (χ3n) is 8.65. The number of rotatable bonds is 5. The predicted molar refractivity (Wildman–Crippen MR) is 174 cm³/mol. The molecule has 0 saturated heterocycles. The molecule has 1 heterocycles. The van der Waals surface area contributed by atoms with E-state index in [-0.39, 0.29) is 35.9 Å². The number of carbonyl (C=O) groups is 5. The first-order valence-corrected chi connectivity index (χ1v) is 16.2. The molecule has 2 amide bonds. The fraction of sp³-hybridized carbons (Fsp3) is 0.528. The maximum Gasteiger partial charge on any atom is 0.328 e. The van der Waals surface area contributed by atoms with Crippen LogP contribution in [0.15, 0.2) is 71.5 Å². The monoisotopic (exact) mass is 636 g/mol. The van der Waals surface area contributed by atoms with Gasteiger partial charge in [-0.25, -0.2) is 4.79 Å². The number of allylic oxidation sites excluding steroid dienone is 8. The lowest BCUT2D eigenvalue weighted by atomic mass is 9.88. The highest BCUT2D eigenvalue weighted by atomic mass is 16.5. The minimum atomic E-state index is -0.968. The second-order valence-corrected chi connectivity index (χ2v) is 12.3. The van der Waals surface area contributed by atoms with Crippen LogP contribution in [0.25, 0.3) is 0 Å². The Labute approximate surface area is 271 Å². The third-order valence-corrected chi connectivity index (χ3v) is 8.65. The van der Waals surface area contributed by atoms with Crippen molar-refractivity contribution >= 4 is 29.4 Å².